The van der Waals surface area contributed by atoms with Gasteiger partial charge in [-0.2, -0.15) is 8.42 Å². The van der Waals surface area contributed by atoms with E-state index in [4.69, 9.17) is 20.0 Å². The molecular formula is C18H11Cl3N4O6S3. The molecule has 2 aromatic carbocycles. The van der Waals surface area contributed by atoms with Gasteiger partial charge in [-0.3, -0.25) is 20.2 Å². The second kappa shape index (κ2) is 12.7. The number of thiazole rings is 2. The van der Waals surface area contributed by atoms with Gasteiger partial charge < -0.3 is 0 Å². The molecule has 4 aromatic rings. The molecular weight excluding hydrogens is 571 g/mol. The van der Waals surface area contributed by atoms with E-state index in [9.17, 15) is 20.2 Å². The highest BCUT2D eigenvalue weighted by molar-refractivity contribution is 8.31. The van der Waals surface area contributed by atoms with Crippen LogP contribution in [0.3, 0.4) is 0 Å². The molecule has 0 amide bonds. The molecule has 0 spiro atoms. The summed E-state index contributed by atoms with van der Waals surface area (Å²) in [5.74, 6) is 0. The van der Waals surface area contributed by atoms with E-state index in [0.717, 1.165) is 10.6 Å². The van der Waals surface area contributed by atoms with Crippen molar-refractivity contribution in [3.63, 3.8) is 0 Å². The highest BCUT2D eigenvalue weighted by Gasteiger charge is 2.09. The number of non-ortho nitro benzene ring substituents is 2. The normalized spacial score (nSPS) is 10.3. The Balaban J connectivity index is 0.000000202. The second-order valence-corrected chi connectivity index (χ2v) is 12.0. The fourth-order valence-corrected chi connectivity index (χ4v) is 3.80. The van der Waals surface area contributed by atoms with Crippen LogP contribution >= 0.6 is 55.6 Å². The van der Waals surface area contributed by atoms with Crippen molar-refractivity contribution in [3.05, 3.63) is 90.9 Å². The number of benzene rings is 2. The molecule has 2 heterocycles. The van der Waals surface area contributed by atoms with Crippen LogP contribution in [0, 0.1) is 20.2 Å². The van der Waals surface area contributed by atoms with Crippen molar-refractivity contribution < 1.29 is 18.3 Å². The van der Waals surface area contributed by atoms with Crippen molar-refractivity contribution >= 4 is 75.3 Å². The summed E-state index contributed by atoms with van der Waals surface area (Å²) in [6, 6.07) is 12.8. The molecule has 0 N–H and O–H groups in total. The summed E-state index contributed by atoms with van der Waals surface area (Å²) in [6.07, 6.45) is 3.21. The lowest BCUT2D eigenvalue weighted by Crippen LogP contribution is -1.87. The number of nitro benzene ring substituents is 2. The molecule has 0 aliphatic rings. The zero-order valence-corrected chi connectivity index (χ0v) is 21.2. The van der Waals surface area contributed by atoms with Crippen molar-refractivity contribution in [1.29, 1.82) is 0 Å². The summed E-state index contributed by atoms with van der Waals surface area (Å²) >= 11 is 8.49. The minimum atomic E-state index is -3.72. The lowest BCUT2D eigenvalue weighted by molar-refractivity contribution is -0.385. The Morgan fingerprint density at radius 2 is 1.35 bits per heavy atom. The first-order chi connectivity index (χ1) is 15.9. The SMILES string of the molecule is O=S(=O)(Cl)Cl.O=[N+]([O-])c1cccc(-c2ncc(Cl)s2)c1.O=[N+]([O-])c1cccc(-c2nccs2)c1. The van der Waals surface area contributed by atoms with Gasteiger partial charge in [0, 0.05) is 68.3 Å². The van der Waals surface area contributed by atoms with E-state index in [1.807, 2.05) is 11.4 Å². The van der Waals surface area contributed by atoms with Gasteiger partial charge in [-0.25, -0.2) is 9.97 Å². The zero-order chi connectivity index (χ0) is 25.3. The van der Waals surface area contributed by atoms with Gasteiger partial charge in [-0.05, 0) is 0 Å². The average Bonchev–Trinajstić information content (AvgIpc) is 3.45. The van der Waals surface area contributed by atoms with Gasteiger partial charge in [0.1, 0.15) is 14.4 Å². The van der Waals surface area contributed by atoms with Crippen molar-refractivity contribution in [2.45, 2.75) is 0 Å². The van der Waals surface area contributed by atoms with Crippen LogP contribution in [0.4, 0.5) is 11.4 Å². The van der Waals surface area contributed by atoms with Crippen LogP contribution in [-0.2, 0) is 8.26 Å². The highest BCUT2D eigenvalue weighted by atomic mass is 36.0. The Kier molecular flexibility index (Phi) is 10.3. The van der Waals surface area contributed by atoms with Crippen LogP contribution in [0.5, 0.6) is 0 Å². The van der Waals surface area contributed by atoms with Crippen molar-refractivity contribution in [3.8, 4) is 21.1 Å². The van der Waals surface area contributed by atoms with Gasteiger partial charge in [0.05, 0.1) is 16.0 Å². The number of halogens is 3. The molecule has 0 saturated carbocycles. The predicted molar refractivity (Wildman–Crippen MR) is 134 cm³/mol. The fraction of sp³-hybridized carbons (Fsp3) is 0. The first-order valence-electron chi connectivity index (χ1n) is 8.58. The number of nitro groups is 2. The van der Waals surface area contributed by atoms with E-state index in [0.29, 0.717) is 14.9 Å². The second-order valence-electron chi connectivity index (χ2n) is 5.80. The van der Waals surface area contributed by atoms with Gasteiger partial charge in [0.15, 0.2) is 0 Å². The molecule has 4 rings (SSSR count). The van der Waals surface area contributed by atoms with Crippen LogP contribution in [0.25, 0.3) is 21.1 Å². The summed E-state index contributed by atoms with van der Waals surface area (Å²) in [5, 5.41) is 24.4. The number of aromatic nitrogens is 2. The lowest BCUT2D eigenvalue weighted by Gasteiger charge is -1.95. The Bertz CT molecular complexity index is 1370. The van der Waals surface area contributed by atoms with Crippen molar-refractivity contribution in [2.75, 3.05) is 0 Å². The van der Waals surface area contributed by atoms with Gasteiger partial charge in [-0.15, -0.1) is 22.7 Å². The Morgan fingerprint density at radius 1 is 0.853 bits per heavy atom. The first-order valence-corrected chi connectivity index (χ1v) is 13.8. The summed E-state index contributed by atoms with van der Waals surface area (Å²) in [7, 11) is 4.81. The predicted octanol–water partition coefficient (Wildman–Crippen LogP) is 6.80. The maximum atomic E-state index is 10.6. The van der Waals surface area contributed by atoms with Gasteiger partial charge in [0.2, 0.25) is 0 Å². The largest absolute Gasteiger partial charge is 0.317 e. The topological polar surface area (TPSA) is 146 Å². The molecule has 2 aromatic heterocycles. The van der Waals surface area contributed by atoms with Crippen LogP contribution in [0.15, 0.2) is 66.3 Å². The van der Waals surface area contributed by atoms with Gasteiger partial charge in [-0.1, -0.05) is 35.9 Å². The molecule has 16 heteroatoms. The van der Waals surface area contributed by atoms with E-state index < -0.39 is 18.1 Å². The third-order valence-electron chi connectivity index (χ3n) is 3.52. The smallest absolute Gasteiger partial charge is 0.258 e. The summed E-state index contributed by atoms with van der Waals surface area (Å²) in [6.45, 7) is 0. The van der Waals surface area contributed by atoms with Gasteiger partial charge in [0.25, 0.3) is 11.4 Å². The van der Waals surface area contributed by atoms with Crippen molar-refractivity contribution in [2.24, 2.45) is 0 Å². The third kappa shape index (κ3) is 9.67. The van der Waals surface area contributed by atoms with Crippen molar-refractivity contribution in [1.82, 2.24) is 9.97 Å². The standard InChI is InChI=1S/C9H5ClN2O2S.C9H6N2O2S.Cl2O2S/c10-8-5-11-9(15-8)6-2-1-3-7(4-6)12(13)14;12-11(13)8-3-1-2-7(6-8)9-10-4-5-14-9;1-5(2,3)4/h1-5H;1-6H;. The van der Waals surface area contributed by atoms with E-state index in [-0.39, 0.29) is 11.4 Å². The first kappa shape index (κ1) is 27.6. The quantitative estimate of drug-likeness (QED) is 0.145. The maximum Gasteiger partial charge on any atom is 0.317 e. The zero-order valence-electron chi connectivity index (χ0n) is 16.4. The summed E-state index contributed by atoms with van der Waals surface area (Å²) in [4.78, 5) is 28.4. The lowest BCUT2D eigenvalue weighted by atomic mass is 10.2. The monoisotopic (exact) mass is 580 g/mol. The molecule has 178 valence electrons. The molecule has 0 unspecified atom stereocenters. The molecule has 0 bridgehead atoms. The molecule has 0 atom stereocenters. The van der Waals surface area contributed by atoms with Gasteiger partial charge >= 0.3 is 8.26 Å². The van der Waals surface area contributed by atoms with Crippen LogP contribution in [0.1, 0.15) is 0 Å². The fourth-order valence-electron chi connectivity index (χ4n) is 2.26. The molecule has 34 heavy (non-hydrogen) atoms. The van der Waals surface area contributed by atoms with E-state index in [2.05, 4.69) is 31.3 Å². The van der Waals surface area contributed by atoms with E-state index >= 15 is 0 Å². The third-order valence-corrected chi connectivity index (χ3v) is 5.50. The molecule has 0 radical (unpaired) electrons. The summed E-state index contributed by atoms with van der Waals surface area (Å²) in [5.41, 5.74) is 1.65. The summed E-state index contributed by atoms with van der Waals surface area (Å²) < 4.78 is 18.9. The molecule has 0 fully saturated rings. The van der Waals surface area contributed by atoms with Crippen LogP contribution in [0.2, 0.25) is 4.34 Å². The van der Waals surface area contributed by atoms with E-state index in [1.54, 1.807) is 24.4 Å². The van der Waals surface area contributed by atoms with Crippen LogP contribution in [-0.4, -0.2) is 28.2 Å². The highest BCUT2D eigenvalue weighted by Crippen LogP contribution is 2.30. The maximum absolute atomic E-state index is 10.6. The number of nitrogens with zero attached hydrogens (tertiary/aromatic N) is 4. The van der Waals surface area contributed by atoms with E-state index in [1.165, 1.54) is 53.1 Å². The number of rotatable bonds is 4. The Morgan fingerprint density at radius 3 is 1.74 bits per heavy atom. The van der Waals surface area contributed by atoms with Crippen LogP contribution < -0.4 is 0 Å². The minimum Gasteiger partial charge on any atom is -0.258 e. The average molecular weight is 582 g/mol. The Labute approximate surface area is 214 Å². The number of hydrogen-bond acceptors (Lipinski definition) is 10. The Hall–Kier alpha value is -2.68. The molecule has 10 nitrogen and oxygen atoms in total. The number of hydrogen-bond donors (Lipinski definition) is 0. The minimum absolute atomic E-state index is 0.0545. The molecule has 0 aliphatic heterocycles. The molecule has 0 aliphatic carbocycles. The molecule has 0 saturated heterocycles.